The van der Waals surface area contributed by atoms with Gasteiger partial charge in [-0.05, 0) is 43.2 Å². The highest BCUT2D eigenvalue weighted by molar-refractivity contribution is 7.17. The van der Waals surface area contributed by atoms with E-state index < -0.39 is 0 Å². The van der Waals surface area contributed by atoms with E-state index in [9.17, 15) is 9.59 Å². The molecule has 4 aromatic rings. The zero-order valence-electron chi connectivity index (χ0n) is 15.9. The molecule has 4 rings (SSSR count). The average molecular weight is 424 g/mol. The van der Waals surface area contributed by atoms with Crippen molar-refractivity contribution in [1.82, 2.24) is 9.55 Å². The van der Waals surface area contributed by atoms with Gasteiger partial charge in [0.2, 0.25) is 5.91 Å². The molecule has 1 amide bonds. The molecule has 0 unspecified atom stereocenters. The highest BCUT2D eigenvalue weighted by Gasteiger charge is 2.14. The van der Waals surface area contributed by atoms with Gasteiger partial charge in [0, 0.05) is 21.7 Å². The molecule has 1 N–H and O–H groups in total. The Kier molecular flexibility index (Phi) is 5.22. The van der Waals surface area contributed by atoms with Gasteiger partial charge in [0.05, 0.1) is 11.8 Å². The first-order valence-corrected chi connectivity index (χ1v) is 10.3. The van der Waals surface area contributed by atoms with E-state index >= 15 is 0 Å². The van der Waals surface area contributed by atoms with E-state index in [1.165, 1.54) is 22.2 Å². The van der Waals surface area contributed by atoms with Crippen LogP contribution in [0, 0.1) is 13.8 Å². The third-order valence-corrected chi connectivity index (χ3v) is 5.88. The number of hydrogen-bond acceptors (Lipinski definition) is 4. The molecule has 0 saturated heterocycles. The van der Waals surface area contributed by atoms with Gasteiger partial charge in [-0.25, -0.2) is 4.98 Å². The Bertz CT molecular complexity index is 1280. The third-order valence-electron chi connectivity index (χ3n) is 4.67. The standard InChI is InChI=1S/C22H18ClN3O2S/c1-13-3-8-18(14(2)9-13)25-19(27)10-26-12-24-20-17(11-29-21(20)22(26)28)15-4-6-16(23)7-5-15/h3-9,11-12H,10H2,1-2H3,(H,25,27). The summed E-state index contributed by atoms with van der Waals surface area (Å²) in [5, 5.41) is 5.42. The summed E-state index contributed by atoms with van der Waals surface area (Å²) in [7, 11) is 0. The second-order valence-corrected chi connectivity index (χ2v) is 8.19. The molecule has 0 bridgehead atoms. The predicted molar refractivity (Wildman–Crippen MR) is 119 cm³/mol. The largest absolute Gasteiger partial charge is 0.324 e. The Morgan fingerprint density at radius 3 is 2.66 bits per heavy atom. The number of aromatic nitrogens is 2. The number of fused-ring (bicyclic) bond motifs is 1. The van der Waals surface area contributed by atoms with Crippen molar-refractivity contribution in [3.8, 4) is 11.1 Å². The van der Waals surface area contributed by atoms with Crippen LogP contribution in [0.3, 0.4) is 0 Å². The van der Waals surface area contributed by atoms with E-state index in [4.69, 9.17) is 11.6 Å². The fourth-order valence-corrected chi connectivity index (χ4v) is 4.29. The lowest BCUT2D eigenvalue weighted by Gasteiger charge is -2.10. The maximum Gasteiger partial charge on any atom is 0.271 e. The molecule has 146 valence electrons. The average Bonchev–Trinajstić information content (AvgIpc) is 3.12. The summed E-state index contributed by atoms with van der Waals surface area (Å²) in [6, 6.07) is 13.2. The number of nitrogens with one attached hydrogen (secondary N) is 1. The Morgan fingerprint density at radius 1 is 1.17 bits per heavy atom. The van der Waals surface area contributed by atoms with Crippen molar-refractivity contribution in [3.63, 3.8) is 0 Å². The van der Waals surface area contributed by atoms with Gasteiger partial charge in [-0.2, -0.15) is 0 Å². The molecule has 2 heterocycles. The summed E-state index contributed by atoms with van der Waals surface area (Å²) in [5.41, 5.74) is 5.07. The van der Waals surface area contributed by atoms with Gasteiger partial charge >= 0.3 is 0 Å². The van der Waals surface area contributed by atoms with E-state index in [2.05, 4.69) is 10.3 Å². The number of thiophene rings is 1. The monoisotopic (exact) mass is 423 g/mol. The van der Waals surface area contributed by atoms with Crippen LogP contribution in [0.1, 0.15) is 11.1 Å². The number of carbonyl (C=O) groups excluding carboxylic acids is 1. The zero-order valence-corrected chi connectivity index (χ0v) is 17.5. The second-order valence-electron chi connectivity index (χ2n) is 6.88. The molecular formula is C22H18ClN3O2S. The van der Waals surface area contributed by atoms with Crippen LogP contribution in [0.2, 0.25) is 5.02 Å². The van der Waals surface area contributed by atoms with Crippen LogP contribution in [0.15, 0.2) is 59.0 Å². The molecule has 0 radical (unpaired) electrons. The van der Waals surface area contributed by atoms with E-state index in [1.807, 2.05) is 49.6 Å². The molecule has 2 aromatic carbocycles. The molecule has 0 fully saturated rings. The highest BCUT2D eigenvalue weighted by atomic mass is 35.5. The van der Waals surface area contributed by atoms with Crippen molar-refractivity contribution in [2.45, 2.75) is 20.4 Å². The van der Waals surface area contributed by atoms with Gasteiger partial charge < -0.3 is 5.32 Å². The molecule has 0 aliphatic carbocycles. The molecule has 0 saturated carbocycles. The first-order chi connectivity index (χ1) is 13.9. The lowest BCUT2D eigenvalue weighted by molar-refractivity contribution is -0.116. The second kappa shape index (κ2) is 7.81. The minimum Gasteiger partial charge on any atom is -0.324 e. The van der Waals surface area contributed by atoms with E-state index in [1.54, 1.807) is 12.1 Å². The summed E-state index contributed by atoms with van der Waals surface area (Å²) < 4.78 is 1.86. The number of nitrogens with zero attached hydrogens (tertiary/aromatic N) is 2. The number of amides is 1. The number of anilines is 1. The van der Waals surface area contributed by atoms with Crippen LogP contribution in [0.4, 0.5) is 5.69 Å². The Balaban J connectivity index is 1.60. The van der Waals surface area contributed by atoms with Crippen LogP contribution < -0.4 is 10.9 Å². The smallest absolute Gasteiger partial charge is 0.271 e. The molecule has 0 spiro atoms. The van der Waals surface area contributed by atoms with Gasteiger partial charge in [-0.15, -0.1) is 11.3 Å². The summed E-state index contributed by atoms with van der Waals surface area (Å²) in [6.07, 6.45) is 1.43. The Labute approximate surface area is 176 Å². The number of aryl methyl sites for hydroxylation is 2. The summed E-state index contributed by atoms with van der Waals surface area (Å²) in [5.74, 6) is -0.269. The van der Waals surface area contributed by atoms with Gasteiger partial charge in [0.25, 0.3) is 5.56 Å². The molecule has 2 aromatic heterocycles. The molecule has 0 atom stereocenters. The molecule has 0 aliphatic rings. The quantitative estimate of drug-likeness (QED) is 0.500. The highest BCUT2D eigenvalue weighted by Crippen LogP contribution is 2.31. The van der Waals surface area contributed by atoms with Crippen molar-refractivity contribution >= 4 is 44.7 Å². The van der Waals surface area contributed by atoms with Gasteiger partial charge in [0.15, 0.2) is 0 Å². The number of halogens is 1. The van der Waals surface area contributed by atoms with Crippen molar-refractivity contribution in [1.29, 1.82) is 0 Å². The SMILES string of the molecule is Cc1ccc(NC(=O)Cn2cnc3c(-c4ccc(Cl)cc4)csc3c2=O)c(C)c1. The minimum atomic E-state index is -0.269. The topological polar surface area (TPSA) is 64.0 Å². The maximum absolute atomic E-state index is 12.9. The number of carbonyl (C=O) groups is 1. The molecule has 0 aliphatic heterocycles. The number of rotatable bonds is 4. The summed E-state index contributed by atoms with van der Waals surface area (Å²) in [4.78, 5) is 29.8. The van der Waals surface area contributed by atoms with Crippen molar-refractivity contribution in [2.24, 2.45) is 0 Å². The van der Waals surface area contributed by atoms with E-state index in [0.717, 1.165) is 27.9 Å². The van der Waals surface area contributed by atoms with Gasteiger partial charge in [-0.1, -0.05) is 41.4 Å². The van der Waals surface area contributed by atoms with Crippen LogP contribution >= 0.6 is 22.9 Å². The van der Waals surface area contributed by atoms with Crippen molar-refractivity contribution in [3.05, 3.63) is 80.7 Å². The normalized spacial score (nSPS) is 11.0. The molecule has 29 heavy (non-hydrogen) atoms. The van der Waals surface area contributed by atoms with E-state index in [0.29, 0.717) is 15.2 Å². The van der Waals surface area contributed by atoms with Crippen LogP contribution in [0.5, 0.6) is 0 Å². The van der Waals surface area contributed by atoms with Crippen LogP contribution in [0.25, 0.3) is 21.3 Å². The zero-order chi connectivity index (χ0) is 20.5. The predicted octanol–water partition coefficient (Wildman–Crippen LogP) is 5.03. The minimum absolute atomic E-state index is 0.0940. The molecule has 5 nitrogen and oxygen atoms in total. The fourth-order valence-electron chi connectivity index (χ4n) is 3.19. The molecule has 7 heteroatoms. The first kappa shape index (κ1) is 19.4. The lowest BCUT2D eigenvalue weighted by atomic mass is 10.1. The van der Waals surface area contributed by atoms with E-state index in [-0.39, 0.29) is 18.0 Å². The number of hydrogen-bond donors (Lipinski definition) is 1. The lowest BCUT2D eigenvalue weighted by Crippen LogP contribution is -2.27. The summed E-state index contributed by atoms with van der Waals surface area (Å²) >= 11 is 7.29. The van der Waals surface area contributed by atoms with Crippen LogP contribution in [-0.2, 0) is 11.3 Å². The Morgan fingerprint density at radius 2 is 1.93 bits per heavy atom. The van der Waals surface area contributed by atoms with Crippen molar-refractivity contribution in [2.75, 3.05) is 5.32 Å². The number of benzene rings is 2. The van der Waals surface area contributed by atoms with Gasteiger partial charge in [0.1, 0.15) is 11.2 Å². The fraction of sp³-hybridized carbons (Fsp3) is 0.136. The van der Waals surface area contributed by atoms with Crippen LogP contribution in [-0.4, -0.2) is 15.5 Å². The first-order valence-electron chi connectivity index (χ1n) is 9.02. The maximum atomic E-state index is 12.9. The molecular weight excluding hydrogens is 406 g/mol. The summed E-state index contributed by atoms with van der Waals surface area (Å²) in [6.45, 7) is 3.84. The third kappa shape index (κ3) is 3.95. The Hall–Kier alpha value is -2.96. The van der Waals surface area contributed by atoms with Gasteiger partial charge in [-0.3, -0.25) is 14.2 Å². The van der Waals surface area contributed by atoms with Crippen molar-refractivity contribution < 1.29 is 4.79 Å².